The zero-order chi connectivity index (χ0) is 18.0. The number of Topliss-reactive ketones (excluding diaryl/α,β-unsaturated/α-hetero) is 2. The maximum atomic E-state index is 12.6. The Labute approximate surface area is 150 Å². The third-order valence-electron chi connectivity index (χ3n) is 8.63. The van der Waals surface area contributed by atoms with Gasteiger partial charge in [0, 0.05) is 37.6 Å². The van der Waals surface area contributed by atoms with Gasteiger partial charge < -0.3 is 5.32 Å². The van der Waals surface area contributed by atoms with Crippen molar-refractivity contribution in [1.29, 1.82) is 0 Å². The van der Waals surface area contributed by atoms with Gasteiger partial charge in [-0.05, 0) is 61.2 Å². The summed E-state index contributed by atoms with van der Waals surface area (Å²) in [6.45, 7) is 6.14. The quantitative estimate of drug-likeness (QED) is 0.793. The second kappa shape index (κ2) is 5.65. The average Bonchev–Trinajstić information content (AvgIpc) is 2.84. The molecule has 0 aliphatic heterocycles. The Kier molecular flexibility index (Phi) is 3.90. The number of ketones is 2. The van der Waals surface area contributed by atoms with Crippen molar-refractivity contribution < 1.29 is 14.4 Å². The lowest BCUT2D eigenvalue weighted by Crippen LogP contribution is -2.61. The predicted molar refractivity (Wildman–Crippen MR) is 94.7 cm³/mol. The van der Waals surface area contributed by atoms with Gasteiger partial charge in [-0.25, -0.2) is 0 Å². The Balaban J connectivity index is 1.71. The van der Waals surface area contributed by atoms with E-state index < -0.39 is 0 Å². The summed E-state index contributed by atoms with van der Waals surface area (Å²) in [6.07, 6.45) is 7.07. The first kappa shape index (κ1) is 17.2. The molecule has 0 aromatic heterocycles. The molecule has 4 fully saturated rings. The molecule has 0 radical (unpaired) electrons. The summed E-state index contributed by atoms with van der Waals surface area (Å²) in [5.41, 5.74) is -0.0213. The van der Waals surface area contributed by atoms with Crippen molar-refractivity contribution in [2.24, 2.45) is 34.5 Å². The molecule has 0 saturated heterocycles. The second-order valence-corrected chi connectivity index (χ2v) is 9.69. The Morgan fingerprint density at radius 3 is 2.52 bits per heavy atom. The molecule has 1 N–H and O–H groups in total. The molecule has 4 heteroatoms. The molecule has 0 aromatic rings. The molecule has 138 valence electrons. The Morgan fingerprint density at radius 1 is 1.04 bits per heavy atom. The minimum atomic E-state index is -0.143. The Bertz CT molecular complexity index is 629. The molecule has 7 atom stereocenters. The van der Waals surface area contributed by atoms with Crippen LogP contribution in [0.3, 0.4) is 0 Å². The summed E-state index contributed by atoms with van der Waals surface area (Å²) in [7, 11) is 0. The van der Waals surface area contributed by atoms with Crippen LogP contribution in [0.1, 0.15) is 72.1 Å². The summed E-state index contributed by atoms with van der Waals surface area (Å²) in [6, 6.07) is 0.0889. The van der Waals surface area contributed by atoms with Gasteiger partial charge in [0.25, 0.3) is 0 Å². The minimum absolute atomic E-state index is 0.00453. The van der Waals surface area contributed by atoms with E-state index in [-0.39, 0.29) is 28.7 Å². The van der Waals surface area contributed by atoms with Crippen molar-refractivity contribution in [2.45, 2.75) is 78.2 Å². The molecule has 2 unspecified atom stereocenters. The SMILES string of the molecule is CC(=O)NC1C[C@@H]2[C@@H](CC[C@]3(C)C(=O)CC[C@@H]23)[C@@]2(C)CCC(=O)CC12. The first-order chi connectivity index (χ1) is 11.8. The van der Waals surface area contributed by atoms with Gasteiger partial charge >= 0.3 is 0 Å². The van der Waals surface area contributed by atoms with E-state index in [9.17, 15) is 14.4 Å². The van der Waals surface area contributed by atoms with Gasteiger partial charge in [-0.1, -0.05) is 13.8 Å². The largest absolute Gasteiger partial charge is 0.353 e. The van der Waals surface area contributed by atoms with Crippen LogP contribution in [0.15, 0.2) is 0 Å². The highest BCUT2D eigenvalue weighted by Crippen LogP contribution is 2.65. The van der Waals surface area contributed by atoms with Gasteiger partial charge in [-0.15, -0.1) is 0 Å². The summed E-state index contributed by atoms with van der Waals surface area (Å²) in [5, 5.41) is 3.19. The number of carbonyl (C=O) groups is 3. The van der Waals surface area contributed by atoms with E-state index in [0.717, 1.165) is 38.5 Å². The number of rotatable bonds is 1. The number of amides is 1. The lowest BCUT2D eigenvalue weighted by molar-refractivity contribution is -0.150. The molecule has 0 bridgehead atoms. The third kappa shape index (κ3) is 2.43. The average molecular weight is 345 g/mol. The molecule has 0 spiro atoms. The molecule has 0 aromatic carbocycles. The number of hydrogen-bond donors (Lipinski definition) is 1. The van der Waals surface area contributed by atoms with Gasteiger partial charge in [-0.3, -0.25) is 14.4 Å². The van der Waals surface area contributed by atoms with Gasteiger partial charge in [0.1, 0.15) is 11.6 Å². The molecule has 4 aliphatic rings. The number of hydrogen-bond acceptors (Lipinski definition) is 3. The highest BCUT2D eigenvalue weighted by atomic mass is 16.1. The molecule has 25 heavy (non-hydrogen) atoms. The Morgan fingerprint density at radius 2 is 1.80 bits per heavy atom. The fourth-order valence-electron chi connectivity index (χ4n) is 7.32. The number of carbonyl (C=O) groups excluding carboxylic acids is 3. The predicted octanol–water partition coefficient (Wildman–Crippen LogP) is 3.28. The monoisotopic (exact) mass is 345 g/mol. The van der Waals surface area contributed by atoms with Crippen LogP contribution in [0.4, 0.5) is 0 Å². The Hall–Kier alpha value is -1.19. The summed E-state index contributed by atoms with van der Waals surface area (Å²) < 4.78 is 0. The van der Waals surface area contributed by atoms with Gasteiger partial charge in [0.05, 0.1) is 0 Å². The topological polar surface area (TPSA) is 63.2 Å². The maximum Gasteiger partial charge on any atom is 0.217 e. The van der Waals surface area contributed by atoms with Gasteiger partial charge in [0.2, 0.25) is 5.91 Å². The molecular formula is C21H31NO3. The van der Waals surface area contributed by atoms with Crippen LogP contribution in [0, 0.1) is 34.5 Å². The van der Waals surface area contributed by atoms with Gasteiger partial charge in [-0.2, -0.15) is 0 Å². The molecule has 4 nitrogen and oxygen atoms in total. The maximum absolute atomic E-state index is 12.6. The fraction of sp³-hybridized carbons (Fsp3) is 0.857. The summed E-state index contributed by atoms with van der Waals surface area (Å²) in [4.78, 5) is 36.6. The van der Waals surface area contributed by atoms with Crippen molar-refractivity contribution in [3.8, 4) is 0 Å². The summed E-state index contributed by atoms with van der Waals surface area (Å²) >= 11 is 0. The van der Waals surface area contributed by atoms with Crippen molar-refractivity contribution in [3.05, 3.63) is 0 Å². The first-order valence-electron chi connectivity index (χ1n) is 10.1. The van der Waals surface area contributed by atoms with E-state index in [0.29, 0.717) is 42.2 Å². The van der Waals surface area contributed by atoms with Crippen LogP contribution in [-0.4, -0.2) is 23.5 Å². The number of nitrogens with one attached hydrogen (secondary N) is 1. The third-order valence-corrected chi connectivity index (χ3v) is 8.63. The van der Waals surface area contributed by atoms with E-state index >= 15 is 0 Å². The molecule has 1 amide bonds. The molecule has 4 rings (SSSR count). The van der Waals surface area contributed by atoms with E-state index in [2.05, 4.69) is 19.2 Å². The summed E-state index contributed by atoms with van der Waals surface area (Å²) in [5.74, 6) is 2.65. The fourth-order valence-corrected chi connectivity index (χ4v) is 7.32. The normalized spacial score (nSPS) is 49.2. The van der Waals surface area contributed by atoms with Crippen LogP contribution < -0.4 is 5.32 Å². The molecule has 0 heterocycles. The lowest BCUT2D eigenvalue weighted by atomic mass is 9.44. The minimum Gasteiger partial charge on any atom is -0.353 e. The van der Waals surface area contributed by atoms with Crippen molar-refractivity contribution in [2.75, 3.05) is 0 Å². The zero-order valence-electron chi connectivity index (χ0n) is 15.8. The van der Waals surface area contributed by atoms with Crippen LogP contribution in [-0.2, 0) is 14.4 Å². The van der Waals surface area contributed by atoms with Crippen molar-refractivity contribution >= 4 is 17.5 Å². The standard InChI is InChI=1S/C21H31NO3/c1-12(23)22-18-11-14-15-4-5-19(25)21(15,3)9-7-16(14)20(2)8-6-13(24)10-17(18)20/h14-18H,4-11H2,1-3H3,(H,22,23)/t14-,15-,16+,17?,18?,20+,21-/m0/s1. The van der Waals surface area contributed by atoms with E-state index in [1.807, 2.05) is 0 Å². The van der Waals surface area contributed by atoms with Gasteiger partial charge in [0.15, 0.2) is 0 Å². The van der Waals surface area contributed by atoms with E-state index in [1.54, 1.807) is 6.92 Å². The molecular weight excluding hydrogens is 314 g/mol. The molecule has 4 saturated carbocycles. The number of fused-ring (bicyclic) bond motifs is 5. The zero-order valence-corrected chi connectivity index (χ0v) is 15.8. The van der Waals surface area contributed by atoms with E-state index in [1.165, 1.54) is 0 Å². The van der Waals surface area contributed by atoms with Crippen LogP contribution in [0.5, 0.6) is 0 Å². The van der Waals surface area contributed by atoms with Crippen molar-refractivity contribution in [3.63, 3.8) is 0 Å². The van der Waals surface area contributed by atoms with Crippen LogP contribution >= 0.6 is 0 Å². The van der Waals surface area contributed by atoms with Crippen LogP contribution in [0.25, 0.3) is 0 Å². The smallest absolute Gasteiger partial charge is 0.217 e. The van der Waals surface area contributed by atoms with E-state index in [4.69, 9.17) is 0 Å². The highest BCUT2D eigenvalue weighted by molar-refractivity contribution is 5.87. The highest BCUT2D eigenvalue weighted by Gasteiger charge is 2.62. The van der Waals surface area contributed by atoms with Crippen LogP contribution in [0.2, 0.25) is 0 Å². The lowest BCUT2D eigenvalue weighted by Gasteiger charge is -2.61. The molecule has 4 aliphatic carbocycles. The van der Waals surface area contributed by atoms with Crippen molar-refractivity contribution in [1.82, 2.24) is 5.32 Å². The first-order valence-corrected chi connectivity index (χ1v) is 10.1. The second-order valence-electron chi connectivity index (χ2n) is 9.69.